The molecule has 0 saturated carbocycles. The molecule has 0 aromatic heterocycles. The Morgan fingerprint density at radius 1 is 1.44 bits per heavy atom. The third-order valence-corrected chi connectivity index (χ3v) is 2.11. The quantitative estimate of drug-likeness (QED) is 0.780. The highest BCUT2D eigenvalue weighted by molar-refractivity contribution is 5.72. The molecule has 0 aliphatic carbocycles. The van der Waals surface area contributed by atoms with Crippen LogP contribution in [-0.4, -0.2) is 23.9 Å². The van der Waals surface area contributed by atoms with Crippen LogP contribution >= 0.6 is 0 Å². The summed E-state index contributed by atoms with van der Waals surface area (Å²) in [5.74, 6) is -0.487. The van der Waals surface area contributed by atoms with Crippen molar-refractivity contribution < 1.29 is 19.0 Å². The molecule has 0 aliphatic heterocycles. The molecule has 0 fully saturated rings. The van der Waals surface area contributed by atoms with Gasteiger partial charge in [-0.25, -0.2) is 4.39 Å². The number of hydrogen-bond donors (Lipinski definition) is 1. The van der Waals surface area contributed by atoms with Crippen molar-refractivity contribution in [3.05, 3.63) is 42.0 Å². The maximum absolute atomic E-state index is 12.0. The highest BCUT2D eigenvalue weighted by atomic mass is 19.1. The van der Waals surface area contributed by atoms with E-state index in [0.29, 0.717) is 0 Å². The topological polar surface area (TPSA) is 46.5 Å². The number of ether oxygens (including phenoxy) is 1. The molecular weight excluding hydrogens is 211 g/mol. The van der Waals surface area contributed by atoms with E-state index >= 15 is 0 Å². The van der Waals surface area contributed by atoms with Gasteiger partial charge in [-0.05, 0) is 12.5 Å². The molecule has 0 saturated heterocycles. The molecule has 4 heteroatoms. The van der Waals surface area contributed by atoms with Crippen LogP contribution in [0.2, 0.25) is 0 Å². The van der Waals surface area contributed by atoms with Gasteiger partial charge in [0.1, 0.15) is 12.8 Å². The third kappa shape index (κ3) is 3.98. The molecule has 1 radical (unpaired) electrons. The van der Waals surface area contributed by atoms with Gasteiger partial charge in [0.2, 0.25) is 0 Å². The van der Waals surface area contributed by atoms with E-state index in [1.165, 1.54) is 6.92 Å². The summed E-state index contributed by atoms with van der Waals surface area (Å²) in [7, 11) is 0. The Morgan fingerprint density at radius 3 is 2.62 bits per heavy atom. The Hall–Kier alpha value is -1.42. The van der Waals surface area contributed by atoms with Gasteiger partial charge < -0.3 is 9.84 Å². The van der Waals surface area contributed by atoms with Crippen LogP contribution in [0.1, 0.15) is 12.5 Å². The van der Waals surface area contributed by atoms with Crippen molar-refractivity contribution in [2.24, 2.45) is 0 Å². The lowest BCUT2D eigenvalue weighted by Gasteiger charge is -2.15. The summed E-state index contributed by atoms with van der Waals surface area (Å²) in [6.07, 6.45) is -1.26. The predicted octanol–water partition coefficient (Wildman–Crippen LogP) is 2.03. The molecule has 1 aromatic rings. The Bertz CT molecular complexity index is 326. The zero-order chi connectivity index (χ0) is 12.0. The van der Waals surface area contributed by atoms with E-state index in [0.717, 1.165) is 5.56 Å². The summed E-state index contributed by atoms with van der Waals surface area (Å²) >= 11 is 0. The van der Waals surface area contributed by atoms with E-state index in [1.807, 2.05) is 18.2 Å². The molecule has 0 bridgehead atoms. The summed E-state index contributed by atoms with van der Waals surface area (Å²) in [6.45, 7) is 0.428. The zero-order valence-electron chi connectivity index (χ0n) is 9.02. The first-order chi connectivity index (χ1) is 7.63. The molecular formula is C12H14FO3. The van der Waals surface area contributed by atoms with Gasteiger partial charge in [0.25, 0.3) is 0 Å². The molecule has 0 aliphatic rings. The minimum Gasteiger partial charge on any atom is -0.459 e. The van der Waals surface area contributed by atoms with Crippen LogP contribution in [0.25, 0.3) is 0 Å². The lowest BCUT2D eigenvalue weighted by Crippen LogP contribution is -2.24. The van der Waals surface area contributed by atoms with Crippen molar-refractivity contribution in [1.82, 2.24) is 0 Å². The van der Waals surface area contributed by atoms with E-state index < -0.39 is 24.9 Å². The summed E-state index contributed by atoms with van der Waals surface area (Å²) in [5, 5.41) is 9.01. The van der Waals surface area contributed by atoms with Crippen molar-refractivity contribution in [2.75, 3.05) is 6.67 Å². The predicted molar refractivity (Wildman–Crippen MR) is 56.9 cm³/mol. The average Bonchev–Trinajstić information content (AvgIpc) is 2.29. The molecule has 1 aromatic carbocycles. The first-order valence-corrected chi connectivity index (χ1v) is 4.97. The molecule has 1 atom stereocenters. The van der Waals surface area contributed by atoms with Crippen LogP contribution in [0.5, 0.6) is 0 Å². The van der Waals surface area contributed by atoms with Crippen LogP contribution < -0.4 is 0 Å². The second-order valence-electron chi connectivity index (χ2n) is 3.42. The highest BCUT2D eigenvalue weighted by Crippen LogP contribution is 2.09. The van der Waals surface area contributed by atoms with Crippen LogP contribution in [0.4, 0.5) is 4.39 Å². The van der Waals surface area contributed by atoms with Gasteiger partial charge in [0.15, 0.2) is 6.10 Å². The van der Waals surface area contributed by atoms with Crippen molar-refractivity contribution in [2.45, 2.75) is 19.4 Å². The molecule has 16 heavy (non-hydrogen) atoms. The minimum absolute atomic E-state index is 0.116. The molecule has 1 N–H and O–H groups in total. The Labute approximate surface area is 93.9 Å². The SMILES string of the molecule is CC(OC(=O)Cc1ccccc1)[C](O)CF. The van der Waals surface area contributed by atoms with E-state index in [9.17, 15) is 9.18 Å². The van der Waals surface area contributed by atoms with Gasteiger partial charge >= 0.3 is 5.97 Å². The summed E-state index contributed by atoms with van der Waals surface area (Å²) in [4.78, 5) is 11.4. The van der Waals surface area contributed by atoms with Gasteiger partial charge in [-0.3, -0.25) is 4.79 Å². The molecule has 0 spiro atoms. The standard InChI is InChI=1S/C12H14FO3/c1-9(11(14)8-13)16-12(15)7-10-5-3-2-4-6-10/h2-6,9,14H,7-8H2,1H3. The van der Waals surface area contributed by atoms with Crippen LogP contribution in [0.15, 0.2) is 30.3 Å². The number of aliphatic hydroxyl groups is 1. The monoisotopic (exact) mass is 225 g/mol. The maximum Gasteiger partial charge on any atom is 0.310 e. The highest BCUT2D eigenvalue weighted by Gasteiger charge is 2.19. The summed E-state index contributed by atoms with van der Waals surface area (Å²) < 4.78 is 16.9. The first-order valence-electron chi connectivity index (χ1n) is 4.97. The first kappa shape index (κ1) is 12.6. The number of aliphatic hydroxyl groups excluding tert-OH is 1. The number of halogens is 1. The van der Waals surface area contributed by atoms with Gasteiger partial charge in [-0.15, -0.1) is 0 Å². The third-order valence-electron chi connectivity index (χ3n) is 2.11. The fourth-order valence-corrected chi connectivity index (χ4v) is 1.18. The minimum atomic E-state index is -1.00. The number of hydrogen-bond acceptors (Lipinski definition) is 3. The second kappa shape index (κ2) is 6.23. The summed E-state index contributed by atoms with van der Waals surface area (Å²) in [6, 6.07) is 9.07. The molecule has 87 valence electrons. The van der Waals surface area contributed by atoms with E-state index in [-0.39, 0.29) is 6.42 Å². The number of alkyl halides is 1. The molecule has 1 rings (SSSR count). The average molecular weight is 225 g/mol. The Kier molecular flexibility index (Phi) is 4.92. The second-order valence-corrected chi connectivity index (χ2v) is 3.42. The zero-order valence-corrected chi connectivity index (χ0v) is 9.02. The molecule has 0 heterocycles. The molecule has 0 amide bonds. The fraction of sp³-hybridized carbons (Fsp3) is 0.333. The van der Waals surface area contributed by atoms with Gasteiger partial charge in [0, 0.05) is 0 Å². The number of esters is 1. The smallest absolute Gasteiger partial charge is 0.310 e. The normalized spacial score (nSPS) is 12.5. The van der Waals surface area contributed by atoms with Crippen molar-refractivity contribution in [3.63, 3.8) is 0 Å². The lowest BCUT2D eigenvalue weighted by atomic mass is 10.1. The molecule has 1 unspecified atom stereocenters. The van der Waals surface area contributed by atoms with Gasteiger partial charge in [-0.2, -0.15) is 0 Å². The number of rotatable bonds is 5. The van der Waals surface area contributed by atoms with Crippen LogP contribution in [0, 0.1) is 6.10 Å². The lowest BCUT2D eigenvalue weighted by molar-refractivity contribution is -0.149. The number of carbonyl (C=O) groups excluding carboxylic acids is 1. The van der Waals surface area contributed by atoms with Crippen molar-refractivity contribution in [1.29, 1.82) is 0 Å². The van der Waals surface area contributed by atoms with Crippen LogP contribution in [0.3, 0.4) is 0 Å². The van der Waals surface area contributed by atoms with Gasteiger partial charge in [-0.1, -0.05) is 30.3 Å². The fourth-order valence-electron chi connectivity index (χ4n) is 1.18. The summed E-state index contributed by atoms with van der Waals surface area (Å²) in [5.41, 5.74) is 0.819. The number of carbonyl (C=O) groups is 1. The molecule has 3 nitrogen and oxygen atoms in total. The van der Waals surface area contributed by atoms with Crippen molar-refractivity contribution in [3.8, 4) is 0 Å². The Balaban J connectivity index is 2.42. The van der Waals surface area contributed by atoms with E-state index in [2.05, 4.69) is 0 Å². The van der Waals surface area contributed by atoms with E-state index in [4.69, 9.17) is 9.84 Å². The van der Waals surface area contributed by atoms with E-state index in [1.54, 1.807) is 12.1 Å². The largest absolute Gasteiger partial charge is 0.459 e. The Morgan fingerprint density at radius 2 is 2.06 bits per heavy atom. The number of benzene rings is 1. The maximum atomic E-state index is 12.0. The van der Waals surface area contributed by atoms with Crippen LogP contribution in [-0.2, 0) is 16.0 Å². The van der Waals surface area contributed by atoms with Gasteiger partial charge in [0.05, 0.1) is 6.42 Å². The van der Waals surface area contributed by atoms with Crippen molar-refractivity contribution >= 4 is 5.97 Å².